The van der Waals surface area contributed by atoms with Crippen molar-refractivity contribution in [2.45, 2.75) is 65.8 Å². The largest absolute Gasteiger partial charge is 0.705 e. The fraction of sp³-hybridized carbons (Fsp3) is 0.423. The first-order chi connectivity index (χ1) is 16.6. The number of carbonyl (C=O) groups is 3. The molecule has 0 fully saturated rings. The maximum atomic E-state index is 11.7. The van der Waals surface area contributed by atoms with Crippen molar-refractivity contribution in [3.63, 3.8) is 0 Å². The average Bonchev–Trinajstić information content (AvgIpc) is 2.76. The van der Waals surface area contributed by atoms with Crippen LogP contribution in [0.3, 0.4) is 0 Å². The Kier molecular flexibility index (Phi) is 10.8. The highest BCUT2D eigenvalue weighted by Crippen LogP contribution is 2.31. The molecule has 0 saturated carbocycles. The lowest BCUT2D eigenvalue weighted by molar-refractivity contribution is -0.147. The van der Waals surface area contributed by atoms with Gasteiger partial charge in [-0.2, -0.15) is 0 Å². The Morgan fingerprint density at radius 2 is 1.43 bits per heavy atom. The molecule has 0 radical (unpaired) electrons. The van der Waals surface area contributed by atoms with E-state index in [-0.39, 0.29) is 11.8 Å². The van der Waals surface area contributed by atoms with Crippen LogP contribution >= 0.6 is 0 Å². The van der Waals surface area contributed by atoms with Crippen molar-refractivity contribution >= 4 is 26.7 Å². The number of ether oxygens (including phenoxy) is 1. The van der Waals surface area contributed by atoms with Crippen LogP contribution in [0, 0.1) is 0 Å². The van der Waals surface area contributed by atoms with Crippen molar-refractivity contribution in [1.82, 2.24) is 0 Å². The van der Waals surface area contributed by atoms with Crippen molar-refractivity contribution in [3.05, 3.63) is 48.0 Å². The van der Waals surface area contributed by atoms with Crippen molar-refractivity contribution in [3.8, 4) is 22.6 Å². The lowest BCUT2D eigenvalue weighted by atomic mass is 9.96. The van der Waals surface area contributed by atoms with Gasteiger partial charge in [0.15, 0.2) is 0 Å². The zero-order valence-electron chi connectivity index (χ0n) is 20.8. The molecule has 2 rings (SSSR count). The number of unbranched alkanes of at least 4 members (excludes halogenated alkanes) is 2. The Morgan fingerprint density at radius 3 is 1.97 bits per heavy atom. The fourth-order valence-electron chi connectivity index (χ4n) is 3.71. The highest BCUT2D eigenvalue weighted by molar-refractivity contribution is 6.65. The summed E-state index contributed by atoms with van der Waals surface area (Å²) >= 11 is 0. The summed E-state index contributed by atoms with van der Waals surface area (Å²) in [5.74, 6) is -1.19. The molecule has 0 saturated heterocycles. The molecular weight excluding hydrogens is 468 g/mol. The van der Waals surface area contributed by atoms with Gasteiger partial charge in [-0.15, -0.1) is 0 Å². The van der Waals surface area contributed by atoms with E-state index in [2.05, 4.69) is 6.92 Å². The van der Waals surface area contributed by atoms with E-state index in [9.17, 15) is 19.5 Å². The molecule has 190 valence electrons. The highest BCUT2D eigenvalue weighted by atomic mass is 28.4. The van der Waals surface area contributed by atoms with Gasteiger partial charge in [0.1, 0.15) is 11.5 Å². The minimum atomic E-state index is -3.90. The summed E-state index contributed by atoms with van der Waals surface area (Å²) in [6.45, 7) is 6.32. The molecule has 9 heteroatoms. The van der Waals surface area contributed by atoms with Gasteiger partial charge in [-0.1, -0.05) is 38.0 Å². The van der Waals surface area contributed by atoms with Crippen LogP contribution in [0.25, 0.3) is 11.1 Å². The number of hydrogen-bond donors (Lipinski definition) is 1. The summed E-state index contributed by atoms with van der Waals surface area (Å²) in [5.41, 5.74) is 2.71. The lowest BCUT2D eigenvalue weighted by Crippen LogP contribution is -2.49. The molecule has 0 unspecified atom stereocenters. The van der Waals surface area contributed by atoms with Crippen LogP contribution in [-0.4, -0.2) is 38.4 Å². The number of benzene rings is 2. The highest BCUT2D eigenvalue weighted by Gasteiger charge is 2.51. The van der Waals surface area contributed by atoms with Gasteiger partial charge >= 0.3 is 8.80 Å². The predicted octanol–water partition coefficient (Wildman–Crippen LogP) is 5.19. The van der Waals surface area contributed by atoms with E-state index in [1.807, 2.05) is 30.3 Å². The molecule has 1 N–H and O–H groups in total. The molecule has 0 aliphatic heterocycles. The zero-order chi connectivity index (χ0) is 25.8. The van der Waals surface area contributed by atoms with E-state index in [4.69, 9.17) is 18.0 Å². The second-order valence-electron chi connectivity index (χ2n) is 8.24. The van der Waals surface area contributed by atoms with Crippen LogP contribution in [-0.2, 0) is 34.1 Å². The summed E-state index contributed by atoms with van der Waals surface area (Å²) in [7, 11) is -3.90. The average molecular weight is 503 g/mol. The van der Waals surface area contributed by atoms with Crippen LogP contribution in [0.1, 0.15) is 58.9 Å². The number of phenolic OH excluding ortho intramolecular Hbond substituents is 1. The third kappa shape index (κ3) is 9.44. The standard InChI is InChI=1S/C26H34O8Si/c1-5-6-7-16-31-25-13-10-22(11-14-25)26-15-12-24(30)18-23(26)9-8-17-35(32-19(2)27,33-20(3)28)34-21(4)29/h10-15,18,30H,5-9,16-17H2,1-4H3. The monoisotopic (exact) mass is 502 g/mol. The van der Waals surface area contributed by atoms with Crippen LogP contribution < -0.4 is 4.74 Å². The van der Waals surface area contributed by atoms with Crippen molar-refractivity contribution in [2.75, 3.05) is 6.61 Å². The first-order valence-electron chi connectivity index (χ1n) is 11.8. The van der Waals surface area contributed by atoms with Crippen molar-refractivity contribution in [2.24, 2.45) is 0 Å². The Hall–Kier alpha value is -3.33. The fourth-order valence-corrected chi connectivity index (χ4v) is 6.06. The molecule has 0 atom stereocenters. The van der Waals surface area contributed by atoms with Crippen LogP contribution in [0.2, 0.25) is 6.04 Å². The topological polar surface area (TPSA) is 108 Å². The summed E-state index contributed by atoms with van der Waals surface area (Å²) in [4.78, 5) is 35.0. The first-order valence-corrected chi connectivity index (χ1v) is 13.7. The number of aromatic hydroxyl groups is 1. The third-order valence-electron chi connectivity index (χ3n) is 5.10. The normalized spacial score (nSPS) is 11.0. The van der Waals surface area contributed by atoms with Gasteiger partial charge in [-0.25, -0.2) is 0 Å². The summed E-state index contributed by atoms with van der Waals surface area (Å²) < 4.78 is 21.5. The molecule has 2 aromatic carbocycles. The van der Waals surface area contributed by atoms with E-state index >= 15 is 0 Å². The number of rotatable bonds is 13. The molecule has 0 aliphatic rings. The minimum absolute atomic E-state index is 0.0609. The van der Waals surface area contributed by atoms with E-state index in [1.165, 1.54) is 20.8 Å². The molecule has 0 amide bonds. The molecule has 2 aromatic rings. The molecular formula is C26H34O8Si. The molecule has 0 aromatic heterocycles. The van der Waals surface area contributed by atoms with Crippen molar-refractivity contribution < 1.29 is 37.5 Å². The SMILES string of the molecule is CCCCCOc1ccc(-c2ccc(O)cc2CCC[Si](OC(C)=O)(OC(C)=O)OC(C)=O)cc1. The van der Waals surface area contributed by atoms with E-state index in [0.717, 1.165) is 41.7 Å². The summed E-state index contributed by atoms with van der Waals surface area (Å²) in [6.07, 6.45) is 4.12. The maximum absolute atomic E-state index is 11.7. The van der Waals surface area contributed by atoms with Gasteiger partial charge in [-0.05, 0) is 60.2 Å². The Bertz CT molecular complexity index is 962. The molecule has 8 nitrogen and oxygen atoms in total. The molecule has 0 aliphatic carbocycles. The van der Waals surface area contributed by atoms with E-state index in [0.29, 0.717) is 19.4 Å². The summed E-state index contributed by atoms with van der Waals surface area (Å²) in [5, 5.41) is 10.1. The van der Waals surface area contributed by atoms with Gasteiger partial charge < -0.3 is 23.1 Å². The Labute approximate surface area is 207 Å². The second-order valence-corrected chi connectivity index (χ2v) is 10.7. The number of carbonyl (C=O) groups excluding carboxylic acids is 3. The number of hydrogen-bond acceptors (Lipinski definition) is 8. The van der Waals surface area contributed by atoms with E-state index < -0.39 is 26.7 Å². The molecule has 0 spiro atoms. The van der Waals surface area contributed by atoms with Crippen LogP contribution in [0.15, 0.2) is 42.5 Å². The third-order valence-corrected chi connectivity index (χ3v) is 7.86. The predicted molar refractivity (Wildman–Crippen MR) is 133 cm³/mol. The zero-order valence-corrected chi connectivity index (χ0v) is 21.8. The lowest BCUT2D eigenvalue weighted by Gasteiger charge is -2.26. The van der Waals surface area contributed by atoms with Crippen LogP contribution in [0.4, 0.5) is 0 Å². The Balaban J connectivity index is 2.18. The second kappa shape index (κ2) is 13.5. The minimum Gasteiger partial charge on any atom is -0.508 e. The molecule has 0 heterocycles. The van der Waals surface area contributed by atoms with Gasteiger partial charge in [0.05, 0.1) is 12.7 Å². The van der Waals surface area contributed by atoms with Crippen LogP contribution in [0.5, 0.6) is 11.5 Å². The van der Waals surface area contributed by atoms with Crippen molar-refractivity contribution in [1.29, 1.82) is 0 Å². The van der Waals surface area contributed by atoms with E-state index in [1.54, 1.807) is 12.1 Å². The van der Waals surface area contributed by atoms with Gasteiger partial charge in [0.2, 0.25) is 0 Å². The smallest absolute Gasteiger partial charge is 0.508 e. The first kappa shape index (κ1) is 27.9. The quantitative estimate of drug-likeness (QED) is 0.294. The van der Waals surface area contributed by atoms with Gasteiger partial charge in [-0.3, -0.25) is 14.4 Å². The maximum Gasteiger partial charge on any atom is 0.705 e. The molecule has 0 bridgehead atoms. The number of phenols is 1. The number of aryl methyl sites for hydroxylation is 1. The molecule has 35 heavy (non-hydrogen) atoms. The summed E-state index contributed by atoms with van der Waals surface area (Å²) in [6, 6.07) is 12.9. The van der Waals surface area contributed by atoms with Gasteiger partial charge in [0.25, 0.3) is 17.9 Å². The van der Waals surface area contributed by atoms with Gasteiger partial charge in [0, 0.05) is 20.8 Å². The Morgan fingerprint density at radius 1 is 0.829 bits per heavy atom.